The molecule has 3 nitrogen and oxygen atoms in total. The van der Waals surface area contributed by atoms with Gasteiger partial charge in [0.05, 0.1) is 7.11 Å². The maximum atomic E-state index is 10.7. The molecule has 0 N–H and O–H groups in total. The van der Waals surface area contributed by atoms with Crippen LogP contribution in [0.1, 0.15) is 32.1 Å². The number of ether oxygens (including phenoxy) is 1. The number of aldehydes is 1. The fourth-order valence-electron chi connectivity index (χ4n) is 0.903. The normalized spacial score (nSPS) is 10.2. The molecule has 3 heteroatoms. The van der Waals surface area contributed by atoms with Crippen LogP contribution >= 0.6 is 0 Å². The van der Waals surface area contributed by atoms with Crippen LogP contribution in [0.3, 0.4) is 0 Å². The Morgan fingerprint density at radius 3 is 2.69 bits per heavy atom. The van der Waals surface area contributed by atoms with Crippen LogP contribution in [0.15, 0.2) is 12.2 Å². The molecule has 0 fully saturated rings. The molecule has 0 rings (SSSR count). The average molecular weight is 184 g/mol. The molecule has 0 bridgehead atoms. The van der Waals surface area contributed by atoms with Gasteiger partial charge in [0, 0.05) is 12.8 Å². The third-order valence-corrected chi connectivity index (χ3v) is 1.63. The molecule has 0 atom stereocenters. The van der Waals surface area contributed by atoms with Crippen molar-refractivity contribution in [3.05, 3.63) is 12.2 Å². The van der Waals surface area contributed by atoms with Crippen molar-refractivity contribution in [1.82, 2.24) is 0 Å². The number of allylic oxidation sites excluding steroid dienone is 2. The molecule has 0 saturated heterocycles. The van der Waals surface area contributed by atoms with E-state index in [0.29, 0.717) is 12.8 Å². The van der Waals surface area contributed by atoms with Gasteiger partial charge in [0.25, 0.3) is 0 Å². The molecule has 0 radical (unpaired) electrons. The quantitative estimate of drug-likeness (QED) is 0.262. The number of carbonyl (C=O) groups is 2. The molecule has 0 saturated carbocycles. The minimum absolute atomic E-state index is 0.156. The summed E-state index contributed by atoms with van der Waals surface area (Å²) in [6.07, 6.45) is 8.37. The first kappa shape index (κ1) is 11.9. The van der Waals surface area contributed by atoms with Gasteiger partial charge < -0.3 is 9.53 Å². The zero-order valence-electron chi connectivity index (χ0n) is 7.99. The van der Waals surface area contributed by atoms with Gasteiger partial charge in [-0.3, -0.25) is 4.79 Å². The number of esters is 1. The monoisotopic (exact) mass is 184 g/mol. The van der Waals surface area contributed by atoms with E-state index in [4.69, 9.17) is 0 Å². The SMILES string of the molecule is COC(=O)CCCC/C=C\CC=O. The summed E-state index contributed by atoms with van der Waals surface area (Å²) in [7, 11) is 1.40. The van der Waals surface area contributed by atoms with Crippen LogP contribution in [0.25, 0.3) is 0 Å². The second kappa shape index (κ2) is 8.97. The van der Waals surface area contributed by atoms with Gasteiger partial charge in [-0.15, -0.1) is 0 Å². The van der Waals surface area contributed by atoms with E-state index >= 15 is 0 Å². The highest BCUT2D eigenvalue weighted by molar-refractivity contribution is 5.68. The van der Waals surface area contributed by atoms with Gasteiger partial charge in [-0.25, -0.2) is 0 Å². The molecule has 74 valence electrons. The Hall–Kier alpha value is -1.12. The molecule has 0 aliphatic heterocycles. The average Bonchev–Trinajstić information content (AvgIpc) is 2.16. The van der Waals surface area contributed by atoms with Crippen LogP contribution in [0.5, 0.6) is 0 Å². The van der Waals surface area contributed by atoms with Crippen molar-refractivity contribution in [2.24, 2.45) is 0 Å². The van der Waals surface area contributed by atoms with Gasteiger partial charge in [-0.05, 0) is 19.3 Å². The zero-order valence-corrected chi connectivity index (χ0v) is 7.99. The Morgan fingerprint density at radius 2 is 2.08 bits per heavy atom. The van der Waals surface area contributed by atoms with Crippen molar-refractivity contribution in [3.63, 3.8) is 0 Å². The van der Waals surface area contributed by atoms with Crippen LogP contribution in [-0.4, -0.2) is 19.4 Å². The molecule has 0 aliphatic carbocycles. The molecular weight excluding hydrogens is 168 g/mol. The summed E-state index contributed by atoms with van der Waals surface area (Å²) in [5.74, 6) is -0.156. The lowest BCUT2D eigenvalue weighted by molar-refractivity contribution is -0.140. The number of unbranched alkanes of at least 4 members (excludes halogenated alkanes) is 2. The lowest BCUT2D eigenvalue weighted by Crippen LogP contribution is -1.98. The van der Waals surface area contributed by atoms with Crippen molar-refractivity contribution in [2.45, 2.75) is 32.1 Å². The van der Waals surface area contributed by atoms with Gasteiger partial charge in [0.1, 0.15) is 6.29 Å². The maximum absolute atomic E-state index is 10.7. The standard InChI is InChI=1S/C10H16O3/c1-13-10(12)8-6-4-2-3-5-7-9-11/h3,5,9H,2,4,6-8H2,1H3/b5-3-. The van der Waals surface area contributed by atoms with E-state index in [1.807, 2.05) is 12.2 Å². The van der Waals surface area contributed by atoms with Crippen molar-refractivity contribution in [2.75, 3.05) is 7.11 Å². The Labute approximate surface area is 78.8 Å². The summed E-state index contributed by atoms with van der Waals surface area (Å²) in [6.45, 7) is 0. The second-order valence-electron chi connectivity index (χ2n) is 2.70. The summed E-state index contributed by atoms with van der Waals surface area (Å²) < 4.78 is 4.49. The highest BCUT2D eigenvalue weighted by Gasteiger charge is 1.97. The van der Waals surface area contributed by atoms with E-state index in [2.05, 4.69) is 4.74 Å². The van der Waals surface area contributed by atoms with E-state index in [1.54, 1.807) is 0 Å². The number of carbonyl (C=O) groups excluding carboxylic acids is 2. The molecule has 0 aromatic carbocycles. The zero-order chi connectivity index (χ0) is 9.94. The van der Waals surface area contributed by atoms with E-state index < -0.39 is 0 Å². The summed E-state index contributed by atoms with van der Waals surface area (Å²) in [4.78, 5) is 20.6. The highest BCUT2D eigenvalue weighted by atomic mass is 16.5. The van der Waals surface area contributed by atoms with Crippen LogP contribution < -0.4 is 0 Å². The summed E-state index contributed by atoms with van der Waals surface area (Å²) >= 11 is 0. The van der Waals surface area contributed by atoms with Crippen molar-refractivity contribution < 1.29 is 14.3 Å². The molecular formula is C10H16O3. The van der Waals surface area contributed by atoms with Gasteiger partial charge in [-0.2, -0.15) is 0 Å². The van der Waals surface area contributed by atoms with Crippen LogP contribution in [0.4, 0.5) is 0 Å². The minimum atomic E-state index is -0.156. The lowest BCUT2D eigenvalue weighted by atomic mass is 10.2. The van der Waals surface area contributed by atoms with Crippen molar-refractivity contribution in [1.29, 1.82) is 0 Å². The largest absolute Gasteiger partial charge is 0.469 e. The van der Waals surface area contributed by atoms with Crippen LogP contribution in [-0.2, 0) is 14.3 Å². The number of methoxy groups -OCH3 is 1. The highest BCUT2D eigenvalue weighted by Crippen LogP contribution is 2.01. The molecule has 0 unspecified atom stereocenters. The van der Waals surface area contributed by atoms with Crippen molar-refractivity contribution in [3.8, 4) is 0 Å². The van der Waals surface area contributed by atoms with Crippen LogP contribution in [0.2, 0.25) is 0 Å². The van der Waals surface area contributed by atoms with E-state index in [-0.39, 0.29) is 5.97 Å². The molecule has 0 heterocycles. The van der Waals surface area contributed by atoms with Crippen molar-refractivity contribution >= 4 is 12.3 Å². The summed E-state index contributed by atoms with van der Waals surface area (Å²) in [5, 5.41) is 0. The third-order valence-electron chi connectivity index (χ3n) is 1.63. The molecule has 13 heavy (non-hydrogen) atoms. The Kier molecular flexibility index (Phi) is 8.20. The topological polar surface area (TPSA) is 43.4 Å². The molecule has 0 spiro atoms. The maximum Gasteiger partial charge on any atom is 0.305 e. The fraction of sp³-hybridized carbons (Fsp3) is 0.600. The Balaban J connectivity index is 3.16. The van der Waals surface area contributed by atoms with Gasteiger partial charge >= 0.3 is 5.97 Å². The lowest BCUT2D eigenvalue weighted by Gasteiger charge is -1.96. The summed E-state index contributed by atoms with van der Waals surface area (Å²) in [5.41, 5.74) is 0. The van der Waals surface area contributed by atoms with E-state index in [9.17, 15) is 9.59 Å². The first-order valence-corrected chi connectivity index (χ1v) is 4.46. The molecule has 0 aliphatic rings. The number of hydrogen-bond acceptors (Lipinski definition) is 3. The first-order chi connectivity index (χ1) is 6.31. The van der Waals surface area contributed by atoms with Gasteiger partial charge in [0.2, 0.25) is 0 Å². The molecule has 0 amide bonds. The van der Waals surface area contributed by atoms with E-state index in [1.165, 1.54) is 7.11 Å². The summed E-state index contributed by atoms with van der Waals surface area (Å²) in [6, 6.07) is 0. The Bertz CT molecular complexity index is 173. The molecule has 0 aromatic heterocycles. The van der Waals surface area contributed by atoms with E-state index in [0.717, 1.165) is 25.5 Å². The second-order valence-corrected chi connectivity index (χ2v) is 2.70. The molecule has 0 aromatic rings. The Morgan fingerprint density at radius 1 is 1.31 bits per heavy atom. The van der Waals surface area contributed by atoms with Gasteiger partial charge in [0.15, 0.2) is 0 Å². The smallest absolute Gasteiger partial charge is 0.305 e. The fourth-order valence-corrected chi connectivity index (χ4v) is 0.903. The minimum Gasteiger partial charge on any atom is -0.469 e. The first-order valence-electron chi connectivity index (χ1n) is 4.46. The predicted octanol–water partition coefficient (Wildman–Crippen LogP) is 1.86. The predicted molar refractivity (Wildman–Crippen MR) is 50.3 cm³/mol. The third kappa shape index (κ3) is 8.79. The number of hydrogen-bond donors (Lipinski definition) is 0. The van der Waals surface area contributed by atoms with Crippen LogP contribution in [0, 0.1) is 0 Å². The van der Waals surface area contributed by atoms with Gasteiger partial charge in [-0.1, -0.05) is 12.2 Å². The number of rotatable bonds is 7.